The van der Waals surface area contributed by atoms with Crippen molar-refractivity contribution in [3.8, 4) is 0 Å². The molecule has 1 atom stereocenters. The zero-order valence-corrected chi connectivity index (χ0v) is 17.4. The molecule has 1 N–H and O–H groups in total. The van der Waals surface area contributed by atoms with Crippen LogP contribution in [0.2, 0.25) is 5.02 Å². The van der Waals surface area contributed by atoms with Crippen LogP contribution in [0, 0.1) is 0 Å². The van der Waals surface area contributed by atoms with Crippen molar-refractivity contribution in [2.24, 2.45) is 0 Å². The number of benzene rings is 1. The number of carboxylic acid groups (broad SMARTS) is 1. The Balaban J connectivity index is 1.51. The molecule has 0 unspecified atom stereocenters. The van der Waals surface area contributed by atoms with E-state index >= 15 is 0 Å². The third-order valence-electron chi connectivity index (χ3n) is 4.84. The molecule has 2 heterocycles. The highest BCUT2D eigenvalue weighted by atomic mass is 35.5. The molecule has 3 rings (SSSR count). The molecule has 152 valence electrons. The number of nitrogens with zero attached hydrogens (tertiary/aromatic N) is 1. The topological polar surface area (TPSA) is 74.7 Å². The monoisotopic (exact) mass is 431 g/mol. The van der Waals surface area contributed by atoms with Crippen molar-refractivity contribution < 1.29 is 19.5 Å². The van der Waals surface area contributed by atoms with E-state index in [9.17, 15) is 14.4 Å². The molecule has 5 nitrogen and oxygen atoms in total. The van der Waals surface area contributed by atoms with Crippen LogP contribution in [0.15, 0.2) is 48.6 Å². The van der Waals surface area contributed by atoms with E-state index in [2.05, 4.69) is 0 Å². The molecule has 7 heteroatoms. The first kappa shape index (κ1) is 21.3. The molecule has 1 aromatic heterocycles. The number of aromatic carboxylic acids is 1. The minimum absolute atomic E-state index is 0.0219. The van der Waals surface area contributed by atoms with Gasteiger partial charge in [0.25, 0.3) is 0 Å². The highest BCUT2D eigenvalue weighted by Gasteiger charge is 2.28. The van der Waals surface area contributed by atoms with Gasteiger partial charge in [0.05, 0.1) is 6.04 Å². The number of rotatable bonds is 9. The summed E-state index contributed by atoms with van der Waals surface area (Å²) in [7, 11) is 0. The van der Waals surface area contributed by atoms with Crippen molar-refractivity contribution in [1.82, 2.24) is 4.90 Å². The zero-order valence-electron chi connectivity index (χ0n) is 15.8. The molecule has 0 bridgehead atoms. The molecule has 2 aromatic rings. The van der Waals surface area contributed by atoms with Gasteiger partial charge in [-0.3, -0.25) is 9.59 Å². The molecule has 1 aliphatic heterocycles. The van der Waals surface area contributed by atoms with Crippen LogP contribution < -0.4 is 0 Å². The van der Waals surface area contributed by atoms with Crippen molar-refractivity contribution in [2.75, 3.05) is 6.54 Å². The molecule has 0 radical (unpaired) electrons. The summed E-state index contributed by atoms with van der Waals surface area (Å²) in [5, 5.41) is 9.60. The fourth-order valence-electron chi connectivity index (χ4n) is 3.42. The number of likely N-dealkylation sites (tertiary alicyclic amines) is 1. The molecule has 1 aliphatic rings. The van der Waals surface area contributed by atoms with Gasteiger partial charge in [0.2, 0.25) is 5.91 Å². The fraction of sp³-hybridized carbons (Fsp3) is 0.318. The van der Waals surface area contributed by atoms with E-state index in [0.29, 0.717) is 29.3 Å². The van der Waals surface area contributed by atoms with Crippen LogP contribution in [0.5, 0.6) is 0 Å². The standard InChI is InChI=1S/C22H22ClNO4S/c23-16-4-1-3-15(13-16)14-18(25)8-6-17-7-11-21(26)24(17)12-2-5-19-9-10-20(29-19)22(27)28/h1,3-4,6,8-10,13,17H,2,5,7,11-12,14H2,(H,27,28)/t17-/m0/s1. The van der Waals surface area contributed by atoms with E-state index in [4.69, 9.17) is 16.7 Å². The lowest BCUT2D eigenvalue weighted by Gasteiger charge is -2.22. The Kier molecular flexibility index (Phi) is 7.23. The van der Waals surface area contributed by atoms with Gasteiger partial charge < -0.3 is 10.0 Å². The lowest BCUT2D eigenvalue weighted by Crippen LogP contribution is -2.33. The molecule has 1 aromatic carbocycles. The fourth-order valence-corrected chi connectivity index (χ4v) is 4.52. The van der Waals surface area contributed by atoms with E-state index in [0.717, 1.165) is 23.3 Å². The molecular formula is C22H22ClNO4S. The minimum Gasteiger partial charge on any atom is -0.477 e. The van der Waals surface area contributed by atoms with Gasteiger partial charge in [-0.1, -0.05) is 29.8 Å². The number of aryl methyl sites for hydroxylation is 1. The van der Waals surface area contributed by atoms with Gasteiger partial charge in [0.1, 0.15) is 4.88 Å². The maximum absolute atomic E-state index is 12.2. The second-order valence-electron chi connectivity index (χ2n) is 7.00. The summed E-state index contributed by atoms with van der Waals surface area (Å²) < 4.78 is 0. The third kappa shape index (κ3) is 6.02. The molecule has 29 heavy (non-hydrogen) atoms. The number of thiophene rings is 1. The van der Waals surface area contributed by atoms with E-state index in [1.54, 1.807) is 24.3 Å². The van der Waals surface area contributed by atoms with Gasteiger partial charge in [0, 0.05) is 29.3 Å². The van der Waals surface area contributed by atoms with Crippen LogP contribution in [-0.2, 0) is 22.4 Å². The second kappa shape index (κ2) is 9.85. The lowest BCUT2D eigenvalue weighted by atomic mass is 10.1. The third-order valence-corrected chi connectivity index (χ3v) is 6.21. The van der Waals surface area contributed by atoms with Crippen molar-refractivity contribution in [3.63, 3.8) is 0 Å². The van der Waals surface area contributed by atoms with Gasteiger partial charge in [-0.25, -0.2) is 4.79 Å². The first-order chi connectivity index (χ1) is 13.9. The Bertz CT molecular complexity index is 936. The van der Waals surface area contributed by atoms with E-state index in [1.165, 1.54) is 11.3 Å². The molecule has 0 saturated carbocycles. The van der Waals surface area contributed by atoms with Gasteiger partial charge in [-0.05, 0) is 55.2 Å². The summed E-state index contributed by atoms with van der Waals surface area (Å²) in [4.78, 5) is 38.6. The molecule has 1 saturated heterocycles. The average Bonchev–Trinajstić information content (AvgIpc) is 3.28. The normalized spacial score (nSPS) is 16.7. The number of carbonyl (C=O) groups is 3. The van der Waals surface area contributed by atoms with Crippen molar-refractivity contribution in [3.05, 3.63) is 68.9 Å². The summed E-state index contributed by atoms with van der Waals surface area (Å²) in [5.41, 5.74) is 0.864. The quantitative estimate of drug-likeness (QED) is 0.597. The Labute approximate surface area is 178 Å². The number of allylic oxidation sites excluding steroid dienone is 1. The van der Waals surface area contributed by atoms with E-state index < -0.39 is 5.97 Å². The van der Waals surface area contributed by atoms with Gasteiger partial charge in [0.15, 0.2) is 5.78 Å². The highest BCUT2D eigenvalue weighted by Crippen LogP contribution is 2.22. The largest absolute Gasteiger partial charge is 0.477 e. The van der Waals surface area contributed by atoms with Gasteiger partial charge in [-0.2, -0.15) is 0 Å². The number of ketones is 1. The van der Waals surface area contributed by atoms with Crippen molar-refractivity contribution in [2.45, 2.75) is 38.1 Å². The smallest absolute Gasteiger partial charge is 0.345 e. The summed E-state index contributed by atoms with van der Waals surface area (Å²) in [6, 6.07) is 10.6. The van der Waals surface area contributed by atoms with E-state index in [-0.39, 0.29) is 24.2 Å². The Morgan fingerprint density at radius 3 is 2.83 bits per heavy atom. The maximum Gasteiger partial charge on any atom is 0.345 e. The van der Waals surface area contributed by atoms with Crippen molar-refractivity contribution >= 4 is 40.6 Å². The van der Waals surface area contributed by atoms with Crippen LogP contribution in [0.25, 0.3) is 0 Å². The summed E-state index contributed by atoms with van der Waals surface area (Å²) in [6.07, 6.45) is 6.35. The Morgan fingerprint density at radius 2 is 2.10 bits per heavy atom. The van der Waals surface area contributed by atoms with Crippen LogP contribution in [0.3, 0.4) is 0 Å². The molecule has 1 fully saturated rings. The van der Waals surface area contributed by atoms with E-state index in [1.807, 2.05) is 29.2 Å². The maximum atomic E-state index is 12.2. The summed E-state index contributed by atoms with van der Waals surface area (Å²) >= 11 is 7.22. The SMILES string of the molecule is O=C(C=C[C@H]1CCC(=O)N1CCCc1ccc(C(=O)O)s1)Cc1cccc(Cl)c1. The van der Waals surface area contributed by atoms with Crippen LogP contribution >= 0.6 is 22.9 Å². The van der Waals surface area contributed by atoms with Crippen LogP contribution in [0.4, 0.5) is 0 Å². The number of halogens is 1. The number of amides is 1. The number of carbonyl (C=O) groups excluding carboxylic acids is 2. The number of hydrogen-bond acceptors (Lipinski definition) is 4. The van der Waals surface area contributed by atoms with Gasteiger partial charge >= 0.3 is 5.97 Å². The average molecular weight is 432 g/mol. The van der Waals surface area contributed by atoms with Gasteiger partial charge in [-0.15, -0.1) is 11.3 Å². The Morgan fingerprint density at radius 1 is 1.28 bits per heavy atom. The lowest BCUT2D eigenvalue weighted by molar-refractivity contribution is -0.128. The summed E-state index contributed by atoms with van der Waals surface area (Å²) in [5.74, 6) is -0.839. The van der Waals surface area contributed by atoms with Crippen LogP contribution in [-0.4, -0.2) is 40.3 Å². The first-order valence-electron chi connectivity index (χ1n) is 9.49. The zero-order chi connectivity index (χ0) is 20.8. The highest BCUT2D eigenvalue weighted by molar-refractivity contribution is 7.13. The van der Waals surface area contributed by atoms with Crippen molar-refractivity contribution in [1.29, 1.82) is 0 Å². The molecule has 0 aliphatic carbocycles. The molecule has 0 spiro atoms. The minimum atomic E-state index is -0.913. The predicted molar refractivity (Wildman–Crippen MR) is 114 cm³/mol. The molecular weight excluding hydrogens is 410 g/mol. The summed E-state index contributed by atoms with van der Waals surface area (Å²) in [6.45, 7) is 0.594. The second-order valence-corrected chi connectivity index (χ2v) is 8.60. The van der Waals surface area contributed by atoms with Crippen LogP contribution in [0.1, 0.15) is 39.4 Å². The Hall–Kier alpha value is -2.44. The predicted octanol–water partition coefficient (Wildman–Crippen LogP) is 4.39. The number of hydrogen-bond donors (Lipinski definition) is 1. The number of carboxylic acids is 1. The molecule has 1 amide bonds. The first-order valence-corrected chi connectivity index (χ1v) is 10.7.